The van der Waals surface area contributed by atoms with Crippen molar-refractivity contribution in [1.82, 2.24) is 0 Å². The third-order valence-electron chi connectivity index (χ3n) is 6.28. The number of urea groups is 1. The number of nitriles is 1. The maximum atomic E-state index is 12.8. The molecule has 0 aliphatic heterocycles. The number of rotatable bonds is 9. The fourth-order valence-corrected chi connectivity index (χ4v) is 4.11. The lowest BCUT2D eigenvalue weighted by Gasteiger charge is -2.32. The monoisotopic (exact) mass is 480 g/mol. The van der Waals surface area contributed by atoms with Crippen LogP contribution >= 0.6 is 0 Å². The number of hydroxylamine groups is 1. The van der Waals surface area contributed by atoms with Gasteiger partial charge in [0.25, 0.3) is 0 Å². The van der Waals surface area contributed by atoms with E-state index in [4.69, 9.17) is 15.7 Å². The molecule has 186 valence electrons. The molecule has 0 saturated heterocycles. The van der Waals surface area contributed by atoms with E-state index >= 15 is 0 Å². The second-order valence-corrected chi connectivity index (χ2v) is 9.01. The summed E-state index contributed by atoms with van der Waals surface area (Å²) in [6, 6.07) is 4.64. The van der Waals surface area contributed by atoms with Crippen molar-refractivity contribution in [2.75, 3.05) is 17.7 Å². The number of carbonyl (C=O) groups excluding carboxylic acids is 1. The van der Waals surface area contributed by atoms with E-state index in [1.165, 1.54) is 0 Å². The molecule has 35 heavy (non-hydrogen) atoms. The van der Waals surface area contributed by atoms with Crippen LogP contribution in [-0.2, 0) is 0 Å². The van der Waals surface area contributed by atoms with Crippen molar-refractivity contribution in [3.05, 3.63) is 42.5 Å². The minimum absolute atomic E-state index is 0.0123. The van der Waals surface area contributed by atoms with E-state index in [0.717, 1.165) is 12.8 Å². The highest BCUT2D eigenvalue weighted by atomic mass is 16.5. The van der Waals surface area contributed by atoms with Crippen LogP contribution in [0, 0.1) is 17.2 Å². The second-order valence-electron chi connectivity index (χ2n) is 9.01. The SMILES string of the molecule is C=C/C=C\C(C1CC1)=[N+](\O)C(=O)Nc1cc(C=NC2CCC(O)(CC#N)CC2)c(N)cc1OCC. The minimum atomic E-state index is -0.927. The van der Waals surface area contributed by atoms with Crippen molar-refractivity contribution < 1.29 is 24.6 Å². The molecule has 0 bridgehead atoms. The number of anilines is 2. The lowest BCUT2D eigenvalue weighted by molar-refractivity contribution is -0.697. The first-order valence-corrected chi connectivity index (χ1v) is 11.9. The largest absolute Gasteiger partial charge is 0.535 e. The Morgan fingerprint density at radius 3 is 2.71 bits per heavy atom. The predicted octanol–water partition coefficient (Wildman–Crippen LogP) is 4.20. The van der Waals surface area contributed by atoms with Gasteiger partial charge in [-0.15, -0.1) is 0 Å². The molecule has 0 radical (unpaired) electrons. The molecule has 0 unspecified atom stereocenters. The molecular weight excluding hydrogens is 446 g/mol. The highest BCUT2D eigenvalue weighted by molar-refractivity contribution is 6.00. The maximum absolute atomic E-state index is 12.8. The maximum Gasteiger partial charge on any atom is 0.535 e. The summed E-state index contributed by atoms with van der Waals surface area (Å²) in [7, 11) is 0. The second kappa shape index (κ2) is 11.7. The highest BCUT2D eigenvalue weighted by Gasteiger charge is 2.34. The molecular formula is C26H34N5O4+. The minimum Gasteiger partial charge on any atom is -0.489 e. The Labute approximate surface area is 205 Å². The van der Waals surface area contributed by atoms with Gasteiger partial charge in [-0.1, -0.05) is 18.7 Å². The van der Waals surface area contributed by atoms with E-state index in [1.807, 2.05) is 13.0 Å². The number of nitrogens with zero attached hydrogens (tertiary/aromatic N) is 3. The van der Waals surface area contributed by atoms with E-state index in [-0.39, 0.29) is 18.4 Å². The molecule has 9 nitrogen and oxygen atoms in total. The van der Waals surface area contributed by atoms with Gasteiger partial charge in [0.2, 0.25) is 0 Å². The zero-order valence-corrected chi connectivity index (χ0v) is 20.1. The van der Waals surface area contributed by atoms with Gasteiger partial charge in [0.05, 0.1) is 30.7 Å². The average molecular weight is 481 g/mol. The number of benzene rings is 1. The quantitative estimate of drug-likeness (QED) is 0.0793. The molecule has 2 fully saturated rings. The van der Waals surface area contributed by atoms with E-state index in [2.05, 4.69) is 16.9 Å². The summed E-state index contributed by atoms with van der Waals surface area (Å²) in [4.78, 5) is 17.5. The van der Waals surface area contributed by atoms with Gasteiger partial charge in [-0.2, -0.15) is 15.4 Å². The Kier molecular flexibility index (Phi) is 8.66. The summed E-state index contributed by atoms with van der Waals surface area (Å²) >= 11 is 0. The molecule has 9 heteroatoms. The number of amides is 2. The zero-order chi connectivity index (χ0) is 25.4. The first-order valence-electron chi connectivity index (χ1n) is 11.9. The van der Waals surface area contributed by atoms with E-state index in [1.54, 1.807) is 36.6 Å². The Balaban J connectivity index is 1.80. The number of nitrogens with two attached hydrogens (primary N) is 1. The van der Waals surface area contributed by atoms with Crippen LogP contribution in [0.1, 0.15) is 57.4 Å². The van der Waals surface area contributed by atoms with Crippen molar-refractivity contribution in [2.45, 2.75) is 63.5 Å². The van der Waals surface area contributed by atoms with Gasteiger partial charge in [0.15, 0.2) is 17.1 Å². The van der Waals surface area contributed by atoms with Crippen LogP contribution in [0.4, 0.5) is 16.2 Å². The van der Waals surface area contributed by atoms with Crippen LogP contribution in [0.15, 0.2) is 41.9 Å². The Bertz CT molecular complexity index is 1070. The Morgan fingerprint density at radius 1 is 1.40 bits per heavy atom. The van der Waals surface area contributed by atoms with Crippen LogP contribution in [-0.4, -0.2) is 51.3 Å². The molecule has 2 aliphatic rings. The molecule has 3 rings (SSSR count). The summed E-state index contributed by atoms with van der Waals surface area (Å²) in [6.45, 7) is 5.83. The third-order valence-corrected chi connectivity index (χ3v) is 6.28. The molecule has 1 aromatic carbocycles. The van der Waals surface area contributed by atoms with Gasteiger partial charge in [0, 0.05) is 29.4 Å². The fraction of sp³-hybridized carbons (Fsp3) is 0.462. The van der Waals surface area contributed by atoms with Crippen LogP contribution in [0.25, 0.3) is 0 Å². The summed E-state index contributed by atoms with van der Waals surface area (Å²) in [5.74, 6) is 0.515. The summed E-state index contributed by atoms with van der Waals surface area (Å²) in [5.41, 5.74) is 7.20. The number of nitrogens with one attached hydrogen (secondary N) is 1. The van der Waals surface area contributed by atoms with Gasteiger partial charge in [-0.05, 0) is 62.3 Å². The number of aliphatic hydroxyl groups is 1. The lowest BCUT2D eigenvalue weighted by Crippen LogP contribution is -2.34. The van der Waals surface area contributed by atoms with Crippen molar-refractivity contribution >= 4 is 29.3 Å². The first kappa shape index (κ1) is 26.0. The molecule has 5 N–H and O–H groups in total. The van der Waals surface area contributed by atoms with Gasteiger partial charge in [-0.3, -0.25) is 4.99 Å². The molecule has 0 spiro atoms. The topological polar surface area (TPSA) is 144 Å². The van der Waals surface area contributed by atoms with Crippen molar-refractivity contribution in [3.8, 4) is 11.8 Å². The normalized spacial score (nSPS) is 23.1. The van der Waals surface area contributed by atoms with Crippen LogP contribution < -0.4 is 15.8 Å². The number of allylic oxidation sites excluding steroid dienone is 3. The Hall–Kier alpha value is -3.64. The molecule has 1 aromatic rings. The van der Waals surface area contributed by atoms with Gasteiger partial charge < -0.3 is 20.8 Å². The van der Waals surface area contributed by atoms with E-state index in [9.17, 15) is 15.1 Å². The average Bonchev–Trinajstić information content (AvgIpc) is 3.66. The fourth-order valence-electron chi connectivity index (χ4n) is 4.11. The number of hydrogen-bond acceptors (Lipinski definition) is 7. The van der Waals surface area contributed by atoms with Crippen LogP contribution in [0.2, 0.25) is 0 Å². The standard InChI is InChI=1S/C26H33N5O4/c1-3-5-6-23(18-7-8-18)31(34)25(32)30-22-15-19(21(28)16-24(22)35-4-2)17-29-20-9-11-26(33,12-10-20)13-14-27/h3,5-6,15-18,20,33H,1,4,7-13H2,2H3,(H3-,28,29,30,32,34)/p+1/b6-5-,31-23-. The van der Waals surface area contributed by atoms with Gasteiger partial charge in [0.1, 0.15) is 0 Å². The van der Waals surface area contributed by atoms with Gasteiger partial charge >= 0.3 is 6.03 Å². The Morgan fingerprint density at radius 2 is 2.11 bits per heavy atom. The number of hydrogen-bond donors (Lipinski definition) is 4. The van der Waals surface area contributed by atoms with Gasteiger partial charge in [-0.25, -0.2) is 0 Å². The molecule has 0 heterocycles. The molecule has 2 saturated carbocycles. The van der Waals surface area contributed by atoms with E-state index < -0.39 is 11.6 Å². The molecule has 2 aliphatic carbocycles. The number of aliphatic imine (C=N–C) groups is 1. The molecule has 2 amide bonds. The van der Waals surface area contributed by atoms with Crippen molar-refractivity contribution in [1.29, 1.82) is 5.26 Å². The highest BCUT2D eigenvalue weighted by Crippen LogP contribution is 2.34. The lowest BCUT2D eigenvalue weighted by atomic mass is 9.81. The number of carbonyl (C=O) groups is 1. The smallest absolute Gasteiger partial charge is 0.489 e. The van der Waals surface area contributed by atoms with Crippen LogP contribution in [0.3, 0.4) is 0 Å². The zero-order valence-electron chi connectivity index (χ0n) is 20.1. The van der Waals surface area contributed by atoms with E-state index in [0.29, 0.717) is 65.4 Å². The summed E-state index contributed by atoms with van der Waals surface area (Å²) in [6.07, 6.45) is 10.9. The molecule has 0 atom stereocenters. The number of ether oxygens (including phenoxy) is 1. The van der Waals surface area contributed by atoms with Crippen molar-refractivity contribution in [3.63, 3.8) is 0 Å². The van der Waals surface area contributed by atoms with Crippen LogP contribution in [0.5, 0.6) is 5.75 Å². The first-order chi connectivity index (χ1) is 16.8. The number of nitrogen functional groups attached to an aromatic ring is 1. The summed E-state index contributed by atoms with van der Waals surface area (Å²) < 4.78 is 6.28. The predicted molar refractivity (Wildman–Crippen MR) is 135 cm³/mol. The van der Waals surface area contributed by atoms with Crippen molar-refractivity contribution in [2.24, 2.45) is 10.9 Å². The third kappa shape index (κ3) is 6.93. The molecule has 0 aromatic heterocycles. The summed E-state index contributed by atoms with van der Waals surface area (Å²) in [5, 5.41) is 32.6.